The lowest BCUT2D eigenvalue weighted by Gasteiger charge is -2.12. The number of para-hydroxylation sites is 1. The maximum Gasteiger partial charge on any atom is 0.165 e. The van der Waals surface area contributed by atoms with Crippen LogP contribution in [0.1, 0.15) is 16.8 Å². The number of rotatable bonds is 5. The van der Waals surface area contributed by atoms with Gasteiger partial charge < -0.3 is 10.1 Å². The van der Waals surface area contributed by atoms with Crippen LogP contribution in [-0.2, 0) is 13.2 Å². The van der Waals surface area contributed by atoms with Crippen LogP contribution in [0.3, 0.4) is 0 Å². The Balaban J connectivity index is 2.21. The summed E-state index contributed by atoms with van der Waals surface area (Å²) in [7, 11) is 1.78. The molecular formula is C15H14FN3O. The lowest BCUT2D eigenvalue weighted by molar-refractivity contribution is 0.285. The van der Waals surface area contributed by atoms with Gasteiger partial charge in [0.05, 0.1) is 0 Å². The molecule has 0 aliphatic carbocycles. The van der Waals surface area contributed by atoms with Gasteiger partial charge in [-0.05, 0) is 19.2 Å². The average molecular weight is 271 g/mol. The van der Waals surface area contributed by atoms with Crippen LogP contribution in [0.4, 0.5) is 4.39 Å². The highest BCUT2D eigenvalue weighted by Gasteiger charge is 2.11. The van der Waals surface area contributed by atoms with Crippen molar-refractivity contribution in [3.05, 3.63) is 59.2 Å². The number of nitriles is 1. The molecule has 0 saturated heterocycles. The number of pyridine rings is 1. The maximum absolute atomic E-state index is 13.8. The molecule has 102 valence electrons. The quantitative estimate of drug-likeness (QED) is 0.907. The normalized spacial score (nSPS) is 10.1. The molecule has 0 saturated carbocycles. The smallest absolute Gasteiger partial charge is 0.165 e. The highest BCUT2D eigenvalue weighted by atomic mass is 19.1. The molecule has 5 heteroatoms. The number of ether oxygens (including phenoxy) is 1. The van der Waals surface area contributed by atoms with Crippen molar-refractivity contribution in [1.82, 2.24) is 10.3 Å². The van der Waals surface area contributed by atoms with Crippen molar-refractivity contribution in [2.75, 3.05) is 7.05 Å². The second-order valence-electron chi connectivity index (χ2n) is 4.17. The molecule has 0 unspecified atom stereocenters. The fraction of sp³-hybridized carbons (Fsp3) is 0.200. The van der Waals surface area contributed by atoms with Crippen molar-refractivity contribution >= 4 is 0 Å². The Morgan fingerprint density at radius 3 is 2.85 bits per heavy atom. The lowest BCUT2D eigenvalue weighted by atomic mass is 10.2. The van der Waals surface area contributed by atoms with E-state index in [2.05, 4.69) is 10.3 Å². The zero-order valence-electron chi connectivity index (χ0n) is 11.1. The molecule has 1 aromatic carbocycles. The molecule has 0 spiro atoms. The summed E-state index contributed by atoms with van der Waals surface area (Å²) >= 11 is 0. The van der Waals surface area contributed by atoms with E-state index in [9.17, 15) is 4.39 Å². The van der Waals surface area contributed by atoms with Crippen LogP contribution in [0.2, 0.25) is 0 Å². The standard InChI is InChI=1S/C15H14FN3O/c1-18-9-11-4-2-6-13(16)15(11)20-10-12-5-3-7-19-14(12)8-17/h2-7,18H,9-10H2,1H3. The molecule has 1 heterocycles. The Kier molecular flexibility index (Phi) is 4.64. The lowest BCUT2D eigenvalue weighted by Crippen LogP contribution is -2.09. The maximum atomic E-state index is 13.8. The first-order valence-corrected chi connectivity index (χ1v) is 6.15. The van der Waals surface area contributed by atoms with E-state index in [4.69, 9.17) is 10.00 Å². The van der Waals surface area contributed by atoms with E-state index in [1.165, 1.54) is 12.3 Å². The number of nitrogens with one attached hydrogen (secondary N) is 1. The largest absolute Gasteiger partial charge is 0.485 e. The highest BCUT2D eigenvalue weighted by Crippen LogP contribution is 2.24. The van der Waals surface area contributed by atoms with Gasteiger partial charge in [0, 0.05) is 23.9 Å². The van der Waals surface area contributed by atoms with Crippen molar-refractivity contribution in [3.63, 3.8) is 0 Å². The Bertz CT molecular complexity index is 637. The van der Waals surface area contributed by atoms with Gasteiger partial charge >= 0.3 is 0 Å². The topological polar surface area (TPSA) is 57.9 Å². The monoisotopic (exact) mass is 271 g/mol. The fourth-order valence-electron chi connectivity index (χ4n) is 1.85. The third-order valence-corrected chi connectivity index (χ3v) is 2.78. The van der Waals surface area contributed by atoms with Gasteiger partial charge in [-0.2, -0.15) is 5.26 Å². The summed E-state index contributed by atoms with van der Waals surface area (Å²) in [6, 6.07) is 10.2. The number of hydrogen-bond acceptors (Lipinski definition) is 4. The van der Waals surface area contributed by atoms with Gasteiger partial charge in [-0.15, -0.1) is 0 Å². The van der Waals surface area contributed by atoms with Gasteiger partial charge in [0.2, 0.25) is 0 Å². The Morgan fingerprint density at radius 2 is 2.10 bits per heavy atom. The van der Waals surface area contributed by atoms with Crippen LogP contribution >= 0.6 is 0 Å². The first-order valence-electron chi connectivity index (χ1n) is 6.15. The van der Waals surface area contributed by atoms with Gasteiger partial charge in [0.1, 0.15) is 18.4 Å². The SMILES string of the molecule is CNCc1cccc(F)c1OCc1cccnc1C#N. The van der Waals surface area contributed by atoms with Crippen LogP contribution in [0.25, 0.3) is 0 Å². The van der Waals surface area contributed by atoms with Gasteiger partial charge in [-0.25, -0.2) is 9.37 Å². The van der Waals surface area contributed by atoms with Crippen LogP contribution in [0.5, 0.6) is 5.75 Å². The van der Waals surface area contributed by atoms with Gasteiger partial charge in [-0.3, -0.25) is 0 Å². The van der Waals surface area contributed by atoms with E-state index in [1.54, 1.807) is 31.3 Å². The summed E-state index contributed by atoms with van der Waals surface area (Å²) in [5, 5.41) is 11.9. The number of benzene rings is 1. The fourth-order valence-corrected chi connectivity index (χ4v) is 1.85. The molecule has 1 aromatic heterocycles. The summed E-state index contributed by atoms with van der Waals surface area (Å²) in [6.45, 7) is 0.611. The minimum absolute atomic E-state index is 0.106. The Labute approximate surface area is 116 Å². The minimum Gasteiger partial charge on any atom is -0.485 e. The van der Waals surface area contributed by atoms with Crippen molar-refractivity contribution < 1.29 is 9.13 Å². The second-order valence-corrected chi connectivity index (χ2v) is 4.17. The first-order chi connectivity index (χ1) is 9.76. The van der Waals surface area contributed by atoms with Crippen molar-refractivity contribution in [2.24, 2.45) is 0 Å². The molecule has 1 N–H and O–H groups in total. The predicted molar refractivity (Wildman–Crippen MR) is 72.4 cm³/mol. The molecule has 2 aromatic rings. The summed E-state index contributed by atoms with van der Waals surface area (Å²) < 4.78 is 19.4. The van der Waals surface area contributed by atoms with E-state index in [0.29, 0.717) is 17.8 Å². The third kappa shape index (κ3) is 3.11. The predicted octanol–water partition coefficient (Wildman–Crippen LogP) is 2.39. The molecule has 0 aliphatic heterocycles. The van der Waals surface area contributed by atoms with Crippen LogP contribution in [0, 0.1) is 17.1 Å². The second kappa shape index (κ2) is 6.64. The summed E-state index contributed by atoms with van der Waals surface area (Å²) in [4.78, 5) is 3.94. The minimum atomic E-state index is -0.417. The Morgan fingerprint density at radius 1 is 1.30 bits per heavy atom. The zero-order chi connectivity index (χ0) is 14.4. The van der Waals surface area contributed by atoms with E-state index in [-0.39, 0.29) is 12.4 Å². The van der Waals surface area contributed by atoms with Gasteiger partial charge in [0.15, 0.2) is 11.6 Å². The van der Waals surface area contributed by atoms with Gasteiger partial charge in [-0.1, -0.05) is 18.2 Å². The highest BCUT2D eigenvalue weighted by molar-refractivity contribution is 5.36. The Hall–Kier alpha value is -2.45. The molecule has 4 nitrogen and oxygen atoms in total. The summed E-state index contributed by atoms with van der Waals surface area (Å²) in [6.07, 6.45) is 1.54. The third-order valence-electron chi connectivity index (χ3n) is 2.78. The molecule has 0 fully saturated rings. The van der Waals surface area contributed by atoms with E-state index >= 15 is 0 Å². The number of hydrogen-bond donors (Lipinski definition) is 1. The molecule has 0 amide bonds. The molecule has 0 aliphatic rings. The van der Waals surface area contributed by atoms with E-state index in [1.807, 2.05) is 6.07 Å². The van der Waals surface area contributed by atoms with Crippen molar-refractivity contribution in [3.8, 4) is 11.8 Å². The average Bonchev–Trinajstić information content (AvgIpc) is 2.47. The van der Waals surface area contributed by atoms with Crippen LogP contribution in [-0.4, -0.2) is 12.0 Å². The van der Waals surface area contributed by atoms with Gasteiger partial charge in [0.25, 0.3) is 0 Å². The van der Waals surface area contributed by atoms with Crippen LogP contribution in [0.15, 0.2) is 36.5 Å². The van der Waals surface area contributed by atoms with Crippen molar-refractivity contribution in [2.45, 2.75) is 13.2 Å². The molecular weight excluding hydrogens is 257 g/mol. The first kappa shape index (κ1) is 14.0. The molecule has 20 heavy (non-hydrogen) atoms. The summed E-state index contributed by atoms with van der Waals surface area (Å²) in [5.41, 5.74) is 1.66. The summed E-state index contributed by atoms with van der Waals surface area (Å²) in [5.74, 6) is -0.213. The molecule has 2 rings (SSSR count). The molecule has 0 bridgehead atoms. The van der Waals surface area contributed by atoms with E-state index < -0.39 is 5.82 Å². The van der Waals surface area contributed by atoms with E-state index in [0.717, 1.165) is 5.56 Å². The molecule has 0 atom stereocenters. The zero-order valence-corrected chi connectivity index (χ0v) is 11.1. The number of aromatic nitrogens is 1. The molecule has 0 radical (unpaired) electrons. The number of nitrogens with zero attached hydrogens (tertiary/aromatic N) is 2. The number of halogens is 1. The van der Waals surface area contributed by atoms with Crippen molar-refractivity contribution in [1.29, 1.82) is 5.26 Å². The van der Waals surface area contributed by atoms with Crippen LogP contribution < -0.4 is 10.1 Å².